The van der Waals surface area contributed by atoms with E-state index in [1.807, 2.05) is 32.9 Å². The third-order valence-electron chi connectivity index (χ3n) is 2.63. The summed E-state index contributed by atoms with van der Waals surface area (Å²) in [5.74, 6) is 1.61. The highest BCUT2D eigenvalue weighted by Gasteiger charge is 2.19. The van der Waals surface area contributed by atoms with Crippen molar-refractivity contribution in [2.24, 2.45) is 0 Å². The van der Waals surface area contributed by atoms with Gasteiger partial charge in [-0.1, -0.05) is 0 Å². The highest BCUT2D eigenvalue weighted by molar-refractivity contribution is 9.10. The Kier molecular flexibility index (Phi) is 3.61. The summed E-state index contributed by atoms with van der Waals surface area (Å²) in [6.07, 6.45) is 0. The molecule has 0 aliphatic rings. The third kappa shape index (κ3) is 2.67. The molecule has 0 fully saturated rings. The van der Waals surface area contributed by atoms with Crippen molar-refractivity contribution in [1.29, 1.82) is 0 Å². The fourth-order valence-electron chi connectivity index (χ4n) is 1.69. The van der Waals surface area contributed by atoms with E-state index >= 15 is 0 Å². The molecule has 1 unspecified atom stereocenters. The van der Waals surface area contributed by atoms with Gasteiger partial charge in [-0.2, -0.15) is 0 Å². The summed E-state index contributed by atoms with van der Waals surface area (Å²) in [6.45, 7) is 5.56. The predicted molar refractivity (Wildman–Crippen MR) is 70.5 cm³/mol. The maximum Gasteiger partial charge on any atom is 0.287 e. The number of hydrogen-bond acceptors (Lipinski definition) is 3. The molecule has 2 rings (SSSR count). The third-order valence-corrected chi connectivity index (χ3v) is 3.02. The molecule has 2 aromatic rings. The van der Waals surface area contributed by atoms with E-state index in [-0.39, 0.29) is 11.9 Å². The molecule has 0 aliphatic carbocycles. The highest BCUT2D eigenvalue weighted by Crippen LogP contribution is 2.21. The first-order valence-electron chi connectivity index (χ1n) is 5.60. The topological polar surface area (TPSA) is 55.4 Å². The molecule has 1 amide bonds. The zero-order valence-electron chi connectivity index (χ0n) is 10.4. The van der Waals surface area contributed by atoms with E-state index in [1.165, 1.54) is 0 Å². The van der Waals surface area contributed by atoms with Gasteiger partial charge in [0.05, 0.1) is 6.04 Å². The quantitative estimate of drug-likeness (QED) is 0.939. The van der Waals surface area contributed by atoms with Crippen molar-refractivity contribution in [3.63, 3.8) is 0 Å². The van der Waals surface area contributed by atoms with Gasteiger partial charge >= 0.3 is 0 Å². The molecule has 0 spiro atoms. The second kappa shape index (κ2) is 5.02. The number of carbonyl (C=O) groups is 1. The fourth-order valence-corrected chi connectivity index (χ4v) is 2.19. The van der Waals surface area contributed by atoms with Crippen LogP contribution < -0.4 is 5.32 Å². The molecule has 0 radical (unpaired) electrons. The highest BCUT2D eigenvalue weighted by atomic mass is 79.9. The largest absolute Gasteiger partial charge is 0.464 e. The summed E-state index contributed by atoms with van der Waals surface area (Å²) in [6, 6.07) is 5.28. The Labute approximate surface area is 113 Å². The molecule has 96 valence electrons. The molecular weight excluding hydrogens is 298 g/mol. The first kappa shape index (κ1) is 13.0. The number of amides is 1. The van der Waals surface area contributed by atoms with E-state index in [2.05, 4.69) is 21.2 Å². The molecule has 4 nitrogen and oxygen atoms in total. The van der Waals surface area contributed by atoms with Crippen LogP contribution in [-0.4, -0.2) is 5.91 Å². The number of nitrogens with one attached hydrogen (secondary N) is 1. The SMILES string of the molecule is Cc1ccc(C(C)NC(=O)c2oc(Br)cc2C)o1. The zero-order chi connectivity index (χ0) is 13.3. The molecule has 2 heterocycles. The smallest absolute Gasteiger partial charge is 0.287 e. The van der Waals surface area contributed by atoms with Crippen LogP contribution in [0.1, 0.15) is 40.6 Å². The number of halogens is 1. The maximum absolute atomic E-state index is 12.0. The van der Waals surface area contributed by atoms with E-state index in [0.717, 1.165) is 17.1 Å². The molecule has 1 atom stereocenters. The number of hydrogen-bond donors (Lipinski definition) is 1. The maximum atomic E-state index is 12.0. The van der Waals surface area contributed by atoms with Gasteiger partial charge in [0.1, 0.15) is 11.5 Å². The molecule has 2 aromatic heterocycles. The fraction of sp³-hybridized carbons (Fsp3) is 0.308. The predicted octanol–water partition coefficient (Wildman–Crippen LogP) is 3.74. The van der Waals surface area contributed by atoms with Crippen LogP contribution in [0.4, 0.5) is 0 Å². The number of carbonyl (C=O) groups excluding carboxylic acids is 1. The molecule has 0 saturated heterocycles. The lowest BCUT2D eigenvalue weighted by Gasteiger charge is -2.10. The molecule has 18 heavy (non-hydrogen) atoms. The molecular formula is C13H14BrNO3. The Morgan fingerprint density at radius 2 is 2.06 bits per heavy atom. The van der Waals surface area contributed by atoms with Gasteiger partial charge in [0, 0.05) is 5.56 Å². The summed E-state index contributed by atoms with van der Waals surface area (Å²) in [5, 5.41) is 2.83. The van der Waals surface area contributed by atoms with Gasteiger partial charge in [-0.3, -0.25) is 4.79 Å². The molecule has 5 heteroatoms. The van der Waals surface area contributed by atoms with Crippen LogP contribution >= 0.6 is 15.9 Å². The standard InChI is InChI=1S/C13H14BrNO3/c1-7-6-11(14)18-12(7)13(16)15-9(3)10-5-4-8(2)17-10/h4-6,9H,1-3H3,(H,15,16). The molecule has 0 aliphatic heterocycles. The van der Waals surface area contributed by atoms with Crippen molar-refractivity contribution in [2.75, 3.05) is 0 Å². The molecule has 0 bridgehead atoms. The van der Waals surface area contributed by atoms with Gasteiger partial charge in [0.15, 0.2) is 10.4 Å². The van der Waals surface area contributed by atoms with Crippen LogP contribution in [0.25, 0.3) is 0 Å². The van der Waals surface area contributed by atoms with Crippen molar-refractivity contribution in [3.05, 3.63) is 45.7 Å². The van der Waals surface area contributed by atoms with Crippen LogP contribution in [0.15, 0.2) is 31.7 Å². The van der Waals surface area contributed by atoms with Crippen molar-refractivity contribution in [3.8, 4) is 0 Å². The van der Waals surface area contributed by atoms with E-state index < -0.39 is 0 Å². The number of furan rings is 2. The minimum atomic E-state index is -0.250. The monoisotopic (exact) mass is 311 g/mol. The Morgan fingerprint density at radius 3 is 2.56 bits per heavy atom. The van der Waals surface area contributed by atoms with Crippen LogP contribution in [-0.2, 0) is 0 Å². The second-order valence-electron chi connectivity index (χ2n) is 4.21. The van der Waals surface area contributed by atoms with Crippen LogP contribution in [0.2, 0.25) is 0 Å². The second-order valence-corrected chi connectivity index (χ2v) is 4.99. The average Bonchev–Trinajstić information content (AvgIpc) is 2.84. The first-order valence-corrected chi connectivity index (χ1v) is 6.40. The zero-order valence-corrected chi connectivity index (χ0v) is 12.0. The molecule has 1 N–H and O–H groups in total. The van der Waals surface area contributed by atoms with Crippen LogP contribution in [0.5, 0.6) is 0 Å². The molecule has 0 saturated carbocycles. The first-order chi connectivity index (χ1) is 8.47. The van der Waals surface area contributed by atoms with Crippen molar-refractivity contribution < 1.29 is 13.6 Å². The van der Waals surface area contributed by atoms with Crippen molar-refractivity contribution in [1.82, 2.24) is 5.32 Å². The Hall–Kier alpha value is -1.49. The van der Waals surface area contributed by atoms with Crippen molar-refractivity contribution >= 4 is 21.8 Å². The van der Waals surface area contributed by atoms with Gasteiger partial charge in [0.2, 0.25) is 0 Å². The summed E-state index contributed by atoms with van der Waals surface area (Å²) in [7, 11) is 0. The normalized spacial score (nSPS) is 12.4. The van der Waals surface area contributed by atoms with Gasteiger partial charge < -0.3 is 14.2 Å². The Bertz CT molecular complexity index is 571. The molecule has 0 aromatic carbocycles. The number of rotatable bonds is 3. The van der Waals surface area contributed by atoms with Crippen molar-refractivity contribution in [2.45, 2.75) is 26.8 Å². The summed E-state index contributed by atoms with van der Waals surface area (Å²) < 4.78 is 11.3. The van der Waals surface area contributed by atoms with Gasteiger partial charge in [-0.25, -0.2) is 0 Å². The summed E-state index contributed by atoms with van der Waals surface area (Å²) >= 11 is 3.20. The minimum absolute atomic E-state index is 0.200. The minimum Gasteiger partial charge on any atom is -0.464 e. The van der Waals surface area contributed by atoms with E-state index in [4.69, 9.17) is 8.83 Å². The lowest BCUT2D eigenvalue weighted by Crippen LogP contribution is -2.26. The van der Waals surface area contributed by atoms with Gasteiger partial charge in [-0.05, 0) is 54.9 Å². The van der Waals surface area contributed by atoms with Gasteiger partial charge in [0.25, 0.3) is 5.91 Å². The Morgan fingerprint density at radius 1 is 1.33 bits per heavy atom. The van der Waals surface area contributed by atoms with Crippen LogP contribution in [0.3, 0.4) is 0 Å². The van der Waals surface area contributed by atoms with E-state index in [0.29, 0.717) is 10.4 Å². The van der Waals surface area contributed by atoms with Crippen LogP contribution in [0, 0.1) is 13.8 Å². The summed E-state index contributed by atoms with van der Waals surface area (Å²) in [4.78, 5) is 12.0. The van der Waals surface area contributed by atoms with Gasteiger partial charge in [-0.15, -0.1) is 0 Å². The summed E-state index contributed by atoms with van der Waals surface area (Å²) in [5.41, 5.74) is 0.794. The lowest BCUT2D eigenvalue weighted by molar-refractivity contribution is 0.0905. The average molecular weight is 312 g/mol. The lowest BCUT2D eigenvalue weighted by atomic mass is 10.2. The number of aryl methyl sites for hydroxylation is 2. The Balaban J connectivity index is 2.10. The van der Waals surface area contributed by atoms with E-state index in [9.17, 15) is 4.79 Å². The van der Waals surface area contributed by atoms with E-state index in [1.54, 1.807) is 6.07 Å².